The standard InChI is InChI=1S/C46H62N4/c1-5-7-31-48-39-23-27-43(28-24-39)50(41-17-12-9-13-18-41)46-30-22-38(33-35(46)4)37-21-29-45(34(3)32-37)49(40-15-10-8-11-16-40)42-25-19-36(20-26-42)44(47)14-6-2/h19-30,32-33,40-41,44,48H,5-18,31,47H2,1-4H3. The molecule has 6 rings (SSSR count). The SMILES string of the molecule is CCCCNc1ccc(N(c2ccc(-c3ccc(N(c4ccc(C(N)CCC)cc4)C4CCCCC4)c(C)c3)cc2C)C2CCCCC2)cc1. The van der Waals surface area contributed by atoms with E-state index in [-0.39, 0.29) is 6.04 Å². The molecule has 4 heteroatoms. The third-order valence-corrected chi connectivity index (χ3v) is 11.3. The maximum Gasteiger partial charge on any atom is 0.0443 e. The van der Waals surface area contributed by atoms with Gasteiger partial charge in [-0.25, -0.2) is 0 Å². The number of hydrogen-bond donors (Lipinski definition) is 2. The van der Waals surface area contributed by atoms with Gasteiger partial charge in [-0.3, -0.25) is 0 Å². The fraction of sp³-hybridized carbons (Fsp3) is 0.478. The monoisotopic (exact) mass is 670 g/mol. The van der Waals surface area contributed by atoms with E-state index in [1.165, 1.54) is 133 Å². The lowest BCUT2D eigenvalue weighted by atomic mass is 9.91. The molecule has 3 N–H and O–H groups in total. The summed E-state index contributed by atoms with van der Waals surface area (Å²) in [7, 11) is 0. The number of hydrogen-bond acceptors (Lipinski definition) is 4. The molecule has 50 heavy (non-hydrogen) atoms. The first-order chi connectivity index (χ1) is 24.5. The van der Waals surface area contributed by atoms with E-state index in [1.807, 2.05) is 0 Å². The summed E-state index contributed by atoms with van der Waals surface area (Å²) < 4.78 is 0. The molecule has 0 heterocycles. The largest absolute Gasteiger partial charge is 0.385 e. The smallest absolute Gasteiger partial charge is 0.0443 e. The van der Waals surface area contributed by atoms with Crippen molar-refractivity contribution in [2.24, 2.45) is 5.73 Å². The third-order valence-electron chi connectivity index (χ3n) is 11.3. The number of benzene rings is 4. The van der Waals surface area contributed by atoms with Gasteiger partial charge in [0, 0.05) is 53.1 Å². The van der Waals surface area contributed by atoms with Crippen LogP contribution in [-0.2, 0) is 0 Å². The zero-order valence-corrected chi connectivity index (χ0v) is 31.4. The Morgan fingerprint density at radius 2 is 1.10 bits per heavy atom. The summed E-state index contributed by atoms with van der Waals surface area (Å²) in [5.74, 6) is 0. The summed E-state index contributed by atoms with van der Waals surface area (Å²) in [6.45, 7) is 10.1. The molecule has 266 valence electrons. The van der Waals surface area contributed by atoms with Crippen molar-refractivity contribution in [1.82, 2.24) is 0 Å². The van der Waals surface area contributed by atoms with Gasteiger partial charge in [0.1, 0.15) is 0 Å². The van der Waals surface area contributed by atoms with Crippen molar-refractivity contribution in [3.8, 4) is 11.1 Å². The molecule has 1 atom stereocenters. The van der Waals surface area contributed by atoms with E-state index in [0.29, 0.717) is 12.1 Å². The molecule has 2 saturated carbocycles. The molecular formula is C46H62N4. The second-order valence-electron chi connectivity index (χ2n) is 15.1. The van der Waals surface area contributed by atoms with Crippen LogP contribution in [0, 0.1) is 13.8 Å². The lowest BCUT2D eigenvalue weighted by Gasteiger charge is -2.38. The fourth-order valence-corrected chi connectivity index (χ4v) is 8.49. The Hall–Kier alpha value is -3.76. The number of nitrogens with one attached hydrogen (secondary N) is 1. The van der Waals surface area contributed by atoms with Gasteiger partial charge >= 0.3 is 0 Å². The van der Waals surface area contributed by atoms with Crippen molar-refractivity contribution in [3.05, 3.63) is 102 Å². The van der Waals surface area contributed by atoms with E-state index in [1.54, 1.807) is 0 Å². The van der Waals surface area contributed by atoms with Crippen LogP contribution in [-0.4, -0.2) is 18.6 Å². The van der Waals surface area contributed by atoms with Crippen LogP contribution in [0.5, 0.6) is 0 Å². The zero-order valence-electron chi connectivity index (χ0n) is 31.4. The van der Waals surface area contributed by atoms with Gasteiger partial charge in [0.15, 0.2) is 0 Å². The molecule has 4 nitrogen and oxygen atoms in total. The summed E-state index contributed by atoms with van der Waals surface area (Å²) >= 11 is 0. The van der Waals surface area contributed by atoms with Crippen molar-refractivity contribution < 1.29 is 0 Å². The lowest BCUT2D eigenvalue weighted by Crippen LogP contribution is -2.33. The van der Waals surface area contributed by atoms with E-state index in [2.05, 4.69) is 128 Å². The zero-order chi connectivity index (χ0) is 34.9. The van der Waals surface area contributed by atoms with Crippen LogP contribution < -0.4 is 20.9 Å². The van der Waals surface area contributed by atoms with Gasteiger partial charge in [-0.2, -0.15) is 0 Å². The Morgan fingerprint density at radius 1 is 0.620 bits per heavy atom. The number of nitrogens with zero attached hydrogens (tertiary/aromatic N) is 2. The van der Waals surface area contributed by atoms with E-state index >= 15 is 0 Å². The second kappa shape index (κ2) is 17.4. The van der Waals surface area contributed by atoms with Crippen LogP contribution in [0.3, 0.4) is 0 Å². The highest BCUT2D eigenvalue weighted by Gasteiger charge is 2.26. The molecule has 1 unspecified atom stereocenters. The highest BCUT2D eigenvalue weighted by molar-refractivity contribution is 5.77. The van der Waals surface area contributed by atoms with Crippen LogP contribution in [0.4, 0.5) is 28.4 Å². The molecule has 0 aliphatic heterocycles. The number of aryl methyl sites for hydroxylation is 2. The Balaban J connectivity index is 1.28. The molecule has 4 aromatic carbocycles. The van der Waals surface area contributed by atoms with Crippen molar-refractivity contribution in [2.75, 3.05) is 21.7 Å². The van der Waals surface area contributed by atoms with E-state index < -0.39 is 0 Å². The highest BCUT2D eigenvalue weighted by Crippen LogP contribution is 2.41. The third kappa shape index (κ3) is 8.57. The topological polar surface area (TPSA) is 44.5 Å². The Labute approximate surface area is 303 Å². The van der Waals surface area contributed by atoms with Gasteiger partial charge in [-0.15, -0.1) is 0 Å². The van der Waals surface area contributed by atoms with Crippen LogP contribution in [0.2, 0.25) is 0 Å². The average Bonchev–Trinajstić information content (AvgIpc) is 3.15. The van der Waals surface area contributed by atoms with Crippen LogP contribution in [0.25, 0.3) is 11.1 Å². The van der Waals surface area contributed by atoms with Crippen LogP contribution in [0.15, 0.2) is 84.9 Å². The number of anilines is 5. The lowest BCUT2D eigenvalue weighted by molar-refractivity contribution is 0.435. The molecule has 0 bridgehead atoms. The average molecular weight is 671 g/mol. The van der Waals surface area contributed by atoms with Gasteiger partial charge in [-0.05, 0) is 141 Å². The summed E-state index contributed by atoms with van der Waals surface area (Å²) in [6, 6.07) is 33.8. The van der Waals surface area contributed by atoms with Crippen molar-refractivity contribution in [2.45, 2.75) is 136 Å². The minimum absolute atomic E-state index is 0.112. The van der Waals surface area contributed by atoms with E-state index in [9.17, 15) is 0 Å². The normalized spacial score (nSPS) is 16.3. The molecule has 0 spiro atoms. The molecule has 2 fully saturated rings. The van der Waals surface area contributed by atoms with Gasteiger partial charge in [0.25, 0.3) is 0 Å². The molecule has 0 saturated heterocycles. The first-order valence-corrected chi connectivity index (χ1v) is 20.0. The maximum atomic E-state index is 6.49. The minimum Gasteiger partial charge on any atom is -0.385 e. The van der Waals surface area contributed by atoms with Gasteiger partial charge < -0.3 is 20.9 Å². The van der Waals surface area contributed by atoms with Crippen LogP contribution >= 0.6 is 0 Å². The second-order valence-corrected chi connectivity index (χ2v) is 15.1. The summed E-state index contributed by atoms with van der Waals surface area (Å²) in [5.41, 5.74) is 19.5. The highest BCUT2D eigenvalue weighted by atomic mass is 15.2. The first kappa shape index (κ1) is 36.0. The Bertz CT molecular complexity index is 1630. The summed E-state index contributed by atoms with van der Waals surface area (Å²) in [5, 5.41) is 3.60. The predicted octanol–water partition coefficient (Wildman–Crippen LogP) is 12.9. The molecule has 2 aliphatic carbocycles. The number of rotatable bonds is 14. The van der Waals surface area contributed by atoms with Gasteiger partial charge in [-0.1, -0.05) is 89.5 Å². The maximum absolute atomic E-state index is 6.49. The van der Waals surface area contributed by atoms with Gasteiger partial charge in [0.05, 0.1) is 0 Å². The van der Waals surface area contributed by atoms with Gasteiger partial charge in [0.2, 0.25) is 0 Å². The molecule has 0 radical (unpaired) electrons. The molecular weight excluding hydrogens is 609 g/mol. The number of unbranched alkanes of at least 4 members (excludes halogenated alkanes) is 1. The van der Waals surface area contributed by atoms with Crippen molar-refractivity contribution in [1.29, 1.82) is 0 Å². The molecule has 2 aliphatic rings. The predicted molar refractivity (Wildman–Crippen MR) is 217 cm³/mol. The number of nitrogens with two attached hydrogens (primary N) is 1. The molecule has 0 aromatic heterocycles. The Morgan fingerprint density at radius 3 is 1.54 bits per heavy atom. The first-order valence-electron chi connectivity index (χ1n) is 20.0. The molecule has 4 aromatic rings. The summed E-state index contributed by atoms with van der Waals surface area (Å²) in [6.07, 6.45) is 17.5. The van der Waals surface area contributed by atoms with E-state index in [4.69, 9.17) is 5.73 Å². The Kier molecular flexibility index (Phi) is 12.6. The minimum atomic E-state index is 0.112. The van der Waals surface area contributed by atoms with Crippen molar-refractivity contribution >= 4 is 28.4 Å². The molecule has 0 amide bonds. The van der Waals surface area contributed by atoms with E-state index in [0.717, 1.165) is 19.4 Å². The fourth-order valence-electron chi connectivity index (χ4n) is 8.49. The van der Waals surface area contributed by atoms with Crippen LogP contribution in [0.1, 0.15) is 126 Å². The quantitative estimate of drug-likeness (QED) is 0.131. The summed E-state index contributed by atoms with van der Waals surface area (Å²) in [4.78, 5) is 5.28. The van der Waals surface area contributed by atoms with Crippen molar-refractivity contribution in [3.63, 3.8) is 0 Å².